The summed E-state index contributed by atoms with van der Waals surface area (Å²) >= 11 is 0. The number of hydrogen-bond acceptors (Lipinski definition) is 13. The van der Waals surface area contributed by atoms with Crippen LogP contribution in [0.3, 0.4) is 0 Å². The second-order valence-corrected chi connectivity index (χ2v) is 9.08. The third-order valence-corrected chi connectivity index (χ3v) is 6.31. The van der Waals surface area contributed by atoms with Crippen molar-refractivity contribution in [1.29, 1.82) is 0 Å². The van der Waals surface area contributed by atoms with E-state index in [-0.39, 0.29) is 64.9 Å². The molecule has 16 nitrogen and oxygen atoms in total. The predicted molar refractivity (Wildman–Crippen MR) is 94.6 cm³/mol. The quantitative estimate of drug-likeness (QED) is 0.111. The molecular formula is C12H21N3Na2O13P2+2. The number of ether oxygens (including phenoxy) is 1. The molecule has 0 aromatic carbocycles. The largest absolute Gasteiger partial charge is 1.00 e. The van der Waals surface area contributed by atoms with Crippen LogP contribution in [-0.2, 0) is 27.2 Å². The van der Waals surface area contributed by atoms with E-state index in [1.165, 1.54) is 6.07 Å². The van der Waals surface area contributed by atoms with E-state index in [9.17, 15) is 33.9 Å². The first-order valence-corrected chi connectivity index (χ1v) is 11.2. The van der Waals surface area contributed by atoms with Crippen LogP contribution in [0.5, 0.6) is 0 Å². The van der Waals surface area contributed by atoms with E-state index in [4.69, 9.17) is 20.7 Å². The van der Waals surface area contributed by atoms with Crippen molar-refractivity contribution in [1.82, 2.24) is 9.55 Å². The minimum Gasteiger partial charge on any atom is -0.394 e. The Bertz CT molecular complexity index is 892. The first kappa shape index (κ1) is 32.7. The monoisotopic (exact) mass is 523 g/mol. The second kappa shape index (κ2) is 13.7. The van der Waals surface area contributed by atoms with E-state index >= 15 is 0 Å². The molecule has 0 aliphatic carbocycles. The standard InChI is InChI=1S/C12H21N3O13P2.2Na/c13-8-1-2-15(12(20)14-8)11-10(19)9(18)7(27-11)5-26-30(23,24)28-29(21,22)25-4-6(17)3-16;;/h1-2,6-7,9-11,16-19H,3-5H2,(H,21,22)(H,23,24)(H2,13,14,20);;/q;2*+1/t6?,7-,9-,10-,11-;;/m1../s1. The molecule has 32 heavy (non-hydrogen) atoms. The Morgan fingerprint density at radius 3 is 2.34 bits per heavy atom. The molecule has 0 spiro atoms. The number of phosphoric ester groups is 2. The van der Waals surface area contributed by atoms with E-state index in [1.54, 1.807) is 0 Å². The van der Waals surface area contributed by atoms with Crippen LogP contribution in [0.25, 0.3) is 0 Å². The molecular weight excluding hydrogens is 502 g/mol. The van der Waals surface area contributed by atoms with Crippen molar-refractivity contribution in [3.8, 4) is 0 Å². The number of nitrogen functional groups attached to an aromatic ring is 1. The van der Waals surface area contributed by atoms with Gasteiger partial charge in [-0.05, 0) is 6.07 Å². The molecule has 0 radical (unpaired) electrons. The van der Waals surface area contributed by atoms with Crippen molar-refractivity contribution in [3.63, 3.8) is 0 Å². The van der Waals surface area contributed by atoms with Crippen LogP contribution in [0.4, 0.5) is 5.82 Å². The van der Waals surface area contributed by atoms with Crippen molar-refractivity contribution < 1.29 is 117 Å². The Balaban J connectivity index is 0.00000480. The molecule has 1 aromatic rings. The van der Waals surface area contributed by atoms with Gasteiger partial charge in [0.2, 0.25) is 0 Å². The van der Waals surface area contributed by atoms with E-state index in [2.05, 4.69) is 18.3 Å². The topological polar surface area (TPSA) is 253 Å². The molecule has 3 unspecified atom stereocenters. The number of aromatic nitrogens is 2. The second-order valence-electron chi connectivity index (χ2n) is 6.04. The number of anilines is 1. The molecule has 2 rings (SSSR count). The fourth-order valence-electron chi connectivity index (χ4n) is 2.29. The molecule has 8 N–H and O–H groups in total. The van der Waals surface area contributed by atoms with Crippen molar-refractivity contribution >= 4 is 21.5 Å². The molecule has 1 fully saturated rings. The zero-order valence-corrected chi connectivity index (χ0v) is 22.9. The number of hydrogen-bond donors (Lipinski definition) is 7. The van der Waals surface area contributed by atoms with Gasteiger partial charge in [0.05, 0.1) is 19.8 Å². The Kier molecular flexibility index (Phi) is 14.0. The molecule has 1 saturated heterocycles. The van der Waals surface area contributed by atoms with Gasteiger partial charge < -0.3 is 40.7 Å². The van der Waals surface area contributed by atoms with Gasteiger partial charge in [0.1, 0.15) is 30.2 Å². The molecule has 2 heterocycles. The number of aliphatic hydroxyl groups is 4. The van der Waals surface area contributed by atoms with Crippen LogP contribution in [-0.4, -0.2) is 84.0 Å². The summed E-state index contributed by atoms with van der Waals surface area (Å²) in [6.07, 6.45) is -6.62. The van der Waals surface area contributed by atoms with Gasteiger partial charge in [-0.25, -0.2) is 13.9 Å². The predicted octanol–water partition coefficient (Wildman–Crippen LogP) is -8.94. The maximum atomic E-state index is 11.8. The molecule has 0 amide bonds. The maximum absolute atomic E-state index is 11.8. The molecule has 1 aromatic heterocycles. The number of rotatable bonds is 10. The summed E-state index contributed by atoms with van der Waals surface area (Å²) in [6, 6.07) is 1.23. The molecule has 1 aliphatic heterocycles. The minimum absolute atomic E-state index is 0. The van der Waals surface area contributed by atoms with E-state index in [1.807, 2.05) is 0 Å². The van der Waals surface area contributed by atoms with Gasteiger partial charge in [0.25, 0.3) is 0 Å². The average molecular weight is 523 g/mol. The smallest absolute Gasteiger partial charge is 0.394 e. The summed E-state index contributed by atoms with van der Waals surface area (Å²) in [6.45, 7) is -2.59. The third kappa shape index (κ3) is 9.41. The first-order chi connectivity index (χ1) is 13.8. The van der Waals surface area contributed by atoms with Crippen LogP contribution in [0.2, 0.25) is 0 Å². The number of phosphoric acid groups is 2. The molecule has 7 atom stereocenters. The van der Waals surface area contributed by atoms with Crippen LogP contribution in [0.1, 0.15) is 6.23 Å². The number of aliphatic hydroxyl groups excluding tert-OH is 4. The zero-order valence-electron chi connectivity index (χ0n) is 17.1. The number of nitrogens with two attached hydrogens (primary N) is 1. The Hall–Kier alpha value is 0.740. The van der Waals surface area contributed by atoms with Crippen LogP contribution < -0.4 is 70.5 Å². The van der Waals surface area contributed by atoms with Crippen molar-refractivity contribution in [2.45, 2.75) is 30.6 Å². The molecule has 0 bridgehead atoms. The van der Waals surface area contributed by atoms with Gasteiger partial charge in [0.15, 0.2) is 6.23 Å². The fraction of sp³-hybridized carbons (Fsp3) is 0.667. The summed E-state index contributed by atoms with van der Waals surface area (Å²) in [5.74, 6) is -0.0929. The summed E-state index contributed by atoms with van der Waals surface area (Å²) in [7, 11) is -10.4. The van der Waals surface area contributed by atoms with Crippen molar-refractivity contribution in [3.05, 3.63) is 22.7 Å². The summed E-state index contributed by atoms with van der Waals surface area (Å²) in [5.41, 5.74) is 4.46. The van der Waals surface area contributed by atoms with Gasteiger partial charge in [-0.3, -0.25) is 13.6 Å². The van der Waals surface area contributed by atoms with Crippen molar-refractivity contribution in [2.75, 3.05) is 25.6 Å². The fourth-order valence-corrected chi connectivity index (χ4v) is 4.41. The molecule has 172 valence electrons. The van der Waals surface area contributed by atoms with Gasteiger partial charge in [-0.1, -0.05) is 0 Å². The SMILES string of the molecule is Nc1ccn([C@@H]2O[C@H](COP(=O)(O)OP(=O)(O)OCC(O)CO)[C@@H](O)[C@H]2O)c(=O)n1.[Na+].[Na+]. The number of nitrogens with zero attached hydrogens (tertiary/aromatic N) is 2. The third-order valence-electron chi connectivity index (χ3n) is 3.71. The first-order valence-electron chi connectivity index (χ1n) is 8.16. The summed E-state index contributed by atoms with van der Waals surface area (Å²) < 4.78 is 42.2. The average Bonchev–Trinajstić information content (AvgIpc) is 2.92. The molecule has 1 aliphatic rings. The van der Waals surface area contributed by atoms with Crippen molar-refractivity contribution in [2.24, 2.45) is 0 Å². The van der Waals surface area contributed by atoms with Gasteiger partial charge >= 0.3 is 80.4 Å². The molecule has 0 saturated carbocycles. The molecule has 20 heteroatoms. The summed E-state index contributed by atoms with van der Waals surface area (Å²) in [4.78, 5) is 34.2. The maximum Gasteiger partial charge on any atom is 1.00 e. The van der Waals surface area contributed by atoms with E-state index < -0.39 is 71.8 Å². The Morgan fingerprint density at radius 2 is 1.78 bits per heavy atom. The minimum atomic E-state index is -5.24. The van der Waals surface area contributed by atoms with Crippen LogP contribution in [0, 0.1) is 0 Å². The summed E-state index contributed by atoms with van der Waals surface area (Å²) in [5, 5.41) is 37.7. The van der Waals surface area contributed by atoms with E-state index in [0.29, 0.717) is 0 Å². The van der Waals surface area contributed by atoms with Crippen LogP contribution >= 0.6 is 15.6 Å². The van der Waals surface area contributed by atoms with E-state index in [0.717, 1.165) is 10.8 Å². The van der Waals surface area contributed by atoms with Gasteiger partial charge in [-0.15, -0.1) is 0 Å². The van der Waals surface area contributed by atoms with Gasteiger partial charge in [-0.2, -0.15) is 9.29 Å². The Labute approximate surface area is 225 Å². The zero-order chi connectivity index (χ0) is 22.7. The Morgan fingerprint density at radius 1 is 1.19 bits per heavy atom. The van der Waals surface area contributed by atoms with Gasteiger partial charge in [0, 0.05) is 6.20 Å². The normalized spacial score (nSPS) is 27.4. The van der Waals surface area contributed by atoms with Crippen LogP contribution in [0.15, 0.2) is 17.1 Å².